The van der Waals surface area contributed by atoms with E-state index in [1.807, 2.05) is 0 Å². The van der Waals surface area contributed by atoms with E-state index in [9.17, 15) is 0 Å². The van der Waals surface area contributed by atoms with Gasteiger partial charge in [0.15, 0.2) is 0 Å². The van der Waals surface area contributed by atoms with E-state index in [0.29, 0.717) is 6.04 Å². The summed E-state index contributed by atoms with van der Waals surface area (Å²) >= 11 is 0. The van der Waals surface area contributed by atoms with Crippen LogP contribution in [0.3, 0.4) is 0 Å². The zero-order valence-electron chi connectivity index (χ0n) is 10.8. The third-order valence-corrected chi connectivity index (χ3v) is 3.84. The standard InChI is InChI=1S/C14H30N2/c15-16-14-12-10-8-6-4-2-1-3-5-7-9-11-13-14/h14,16H,1-13,15H2. The van der Waals surface area contributed by atoms with Gasteiger partial charge in [0.1, 0.15) is 0 Å². The molecule has 0 amide bonds. The monoisotopic (exact) mass is 226 g/mol. The third kappa shape index (κ3) is 7.24. The fourth-order valence-corrected chi connectivity index (χ4v) is 2.68. The molecule has 0 aromatic heterocycles. The van der Waals surface area contributed by atoms with Gasteiger partial charge in [-0.2, -0.15) is 0 Å². The molecule has 0 atom stereocenters. The number of hydrazine groups is 1. The lowest BCUT2D eigenvalue weighted by Gasteiger charge is -2.16. The number of hydrogen-bond donors (Lipinski definition) is 2. The van der Waals surface area contributed by atoms with Crippen molar-refractivity contribution >= 4 is 0 Å². The van der Waals surface area contributed by atoms with Crippen molar-refractivity contribution in [2.24, 2.45) is 5.84 Å². The molecular formula is C14H30N2. The van der Waals surface area contributed by atoms with Gasteiger partial charge in [-0.05, 0) is 12.8 Å². The van der Waals surface area contributed by atoms with E-state index in [0.717, 1.165) is 0 Å². The largest absolute Gasteiger partial charge is 0.271 e. The second-order valence-corrected chi connectivity index (χ2v) is 5.33. The smallest absolute Gasteiger partial charge is 0.0210 e. The summed E-state index contributed by atoms with van der Waals surface area (Å²) in [6, 6.07) is 0.572. The number of nitrogens with one attached hydrogen (secondary N) is 1. The first-order chi connectivity index (χ1) is 7.93. The van der Waals surface area contributed by atoms with Crippen molar-refractivity contribution < 1.29 is 0 Å². The zero-order chi connectivity index (χ0) is 11.5. The highest BCUT2D eigenvalue weighted by Crippen LogP contribution is 2.16. The van der Waals surface area contributed by atoms with Crippen molar-refractivity contribution in [2.45, 2.75) is 89.5 Å². The molecule has 0 aliphatic heterocycles. The van der Waals surface area contributed by atoms with E-state index in [2.05, 4.69) is 5.43 Å². The van der Waals surface area contributed by atoms with Crippen LogP contribution >= 0.6 is 0 Å². The van der Waals surface area contributed by atoms with Crippen LogP contribution in [0.25, 0.3) is 0 Å². The summed E-state index contributed by atoms with van der Waals surface area (Å²) in [5.74, 6) is 5.59. The maximum absolute atomic E-state index is 5.59. The fourth-order valence-electron chi connectivity index (χ4n) is 2.68. The van der Waals surface area contributed by atoms with Gasteiger partial charge in [0.05, 0.1) is 0 Å². The lowest BCUT2D eigenvalue weighted by atomic mass is 9.99. The quantitative estimate of drug-likeness (QED) is 0.525. The Balaban J connectivity index is 2.16. The Hall–Kier alpha value is -0.0800. The molecule has 0 saturated heterocycles. The molecule has 0 aromatic carbocycles. The van der Waals surface area contributed by atoms with Crippen LogP contribution in [0.1, 0.15) is 83.5 Å². The van der Waals surface area contributed by atoms with Crippen molar-refractivity contribution in [3.8, 4) is 0 Å². The molecule has 16 heavy (non-hydrogen) atoms. The van der Waals surface area contributed by atoms with Crippen LogP contribution in [0.15, 0.2) is 0 Å². The SMILES string of the molecule is NNC1CCCCCCCCCCCCC1. The highest BCUT2D eigenvalue weighted by Gasteiger charge is 2.06. The third-order valence-electron chi connectivity index (χ3n) is 3.84. The van der Waals surface area contributed by atoms with E-state index in [1.165, 1.54) is 83.5 Å². The molecule has 2 heteroatoms. The molecule has 2 nitrogen and oxygen atoms in total. The van der Waals surface area contributed by atoms with Crippen LogP contribution in [-0.2, 0) is 0 Å². The summed E-state index contributed by atoms with van der Waals surface area (Å²) in [6.45, 7) is 0. The van der Waals surface area contributed by atoms with Gasteiger partial charge >= 0.3 is 0 Å². The molecule has 96 valence electrons. The summed E-state index contributed by atoms with van der Waals surface area (Å²) in [4.78, 5) is 0. The van der Waals surface area contributed by atoms with Crippen molar-refractivity contribution in [1.29, 1.82) is 0 Å². The second-order valence-electron chi connectivity index (χ2n) is 5.33. The summed E-state index contributed by atoms with van der Waals surface area (Å²) < 4.78 is 0. The van der Waals surface area contributed by atoms with Gasteiger partial charge in [0.25, 0.3) is 0 Å². The zero-order valence-corrected chi connectivity index (χ0v) is 10.8. The molecule has 0 aromatic rings. The van der Waals surface area contributed by atoms with Crippen LogP contribution in [0.2, 0.25) is 0 Å². The Morgan fingerprint density at radius 1 is 0.562 bits per heavy atom. The van der Waals surface area contributed by atoms with E-state index in [1.54, 1.807) is 0 Å². The van der Waals surface area contributed by atoms with E-state index >= 15 is 0 Å². The maximum atomic E-state index is 5.59. The van der Waals surface area contributed by atoms with Crippen molar-refractivity contribution in [1.82, 2.24) is 5.43 Å². The van der Waals surface area contributed by atoms with Gasteiger partial charge in [0.2, 0.25) is 0 Å². The van der Waals surface area contributed by atoms with Crippen LogP contribution in [-0.4, -0.2) is 6.04 Å². The molecule has 1 rings (SSSR count). The topological polar surface area (TPSA) is 38.0 Å². The average Bonchev–Trinajstić information content (AvgIpc) is 2.32. The van der Waals surface area contributed by atoms with E-state index in [4.69, 9.17) is 5.84 Å². The first-order valence-corrected chi connectivity index (χ1v) is 7.39. The lowest BCUT2D eigenvalue weighted by Crippen LogP contribution is -2.34. The minimum atomic E-state index is 0.572. The normalized spacial score (nSPS) is 23.8. The highest BCUT2D eigenvalue weighted by atomic mass is 15.2. The summed E-state index contributed by atoms with van der Waals surface area (Å²) in [6.07, 6.45) is 18.2. The number of nitrogens with two attached hydrogens (primary N) is 1. The summed E-state index contributed by atoms with van der Waals surface area (Å²) in [7, 11) is 0. The van der Waals surface area contributed by atoms with Gasteiger partial charge in [-0.25, -0.2) is 0 Å². The lowest BCUT2D eigenvalue weighted by molar-refractivity contribution is 0.413. The average molecular weight is 226 g/mol. The Morgan fingerprint density at radius 3 is 1.19 bits per heavy atom. The van der Waals surface area contributed by atoms with Gasteiger partial charge in [-0.1, -0.05) is 70.6 Å². The summed E-state index contributed by atoms with van der Waals surface area (Å²) in [5.41, 5.74) is 2.98. The van der Waals surface area contributed by atoms with Gasteiger partial charge in [-0.3, -0.25) is 11.3 Å². The van der Waals surface area contributed by atoms with Crippen LogP contribution in [0, 0.1) is 0 Å². The Bertz CT molecular complexity index is 134. The molecule has 0 unspecified atom stereocenters. The molecule has 0 bridgehead atoms. The number of hydrogen-bond acceptors (Lipinski definition) is 2. The molecule has 0 heterocycles. The maximum Gasteiger partial charge on any atom is 0.0210 e. The second kappa shape index (κ2) is 10.1. The van der Waals surface area contributed by atoms with Gasteiger partial charge in [-0.15, -0.1) is 0 Å². The van der Waals surface area contributed by atoms with E-state index in [-0.39, 0.29) is 0 Å². The van der Waals surface area contributed by atoms with Crippen molar-refractivity contribution in [3.63, 3.8) is 0 Å². The van der Waals surface area contributed by atoms with Crippen LogP contribution in [0.5, 0.6) is 0 Å². The molecular weight excluding hydrogens is 196 g/mol. The predicted molar refractivity (Wildman–Crippen MR) is 71.1 cm³/mol. The first kappa shape index (κ1) is 14.0. The van der Waals surface area contributed by atoms with Crippen LogP contribution in [0.4, 0.5) is 0 Å². The Kier molecular flexibility index (Phi) is 8.83. The van der Waals surface area contributed by atoms with Gasteiger partial charge in [0, 0.05) is 6.04 Å². The molecule has 0 radical (unpaired) electrons. The minimum absolute atomic E-state index is 0.572. The molecule has 1 saturated carbocycles. The molecule has 1 aliphatic rings. The Labute approximate surface area is 101 Å². The first-order valence-electron chi connectivity index (χ1n) is 7.39. The highest BCUT2D eigenvalue weighted by molar-refractivity contribution is 4.64. The van der Waals surface area contributed by atoms with Crippen LogP contribution < -0.4 is 11.3 Å². The minimum Gasteiger partial charge on any atom is -0.271 e. The Morgan fingerprint density at radius 2 is 0.875 bits per heavy atom. The molecule has 1 fully saturated rings. The van der Waals surface area contributed by atoms with Gasteiger partial charge < -0.3 is 0 Å². The van der Waals surface area contributed by atoms with E-state index < -0.39 is 0 Å². The van der Waals surface area contributed by atoms with Crippen molar-refractivity contribution in [2.75, 3.05) is 0 Å². The fraction of sp³-hybridized carbons (Fsp3) is 1.00. The van der Waals surface area contributed by atoms with Crippen molar-refractivity contribution in [3.05, 3.63) is 0 Å². The summed E-state index contributed by atoms with van der Waals surface area (Å²) in [5, 5.41) is 0. The predicted octanol–water partition coefficient (Wildman–Crippen LogP) is 3.90. The molecule has 3 N–H and O–H groups in total. The molecule has 0 spiro atoms. The number of rotatable bonds is 1. The molecule has 1 aliphatic carbocycles.